The maximum Gasteiger partial charge on any atom is 0.524 e. The fourth-order valence-corrected chi connectivity index (χ4v) is 15.2. The smallest absolute Gasteiger partial charge is 0.456 e. The zero-order chi connectivity index (χ0) is 55.7. The summed E-state index contributed by atoms with van der Waals surface area (Å²) in [6.07, 6.45) is 19.1. The minimum atomic E-state index is -4.88. The third-order valence-corrected chi connectivity index (χ3v) is 19.2. The Morgan fingerprint density at radius 3 is 2.45 bits per heavy atom. The molecule has 0 amide bonds. The van der Waals surface area contributed by atoms with E-state index in [2.05, 4.69) is 43.4 Å². The molecular formula is C61H91N3O13P+. The number of nitrogens with two attached hydrogens (primary N) is 1. The largest absolute Gasteiger partial charge is 0.524 e. The predicted octanol–water partition coefficient (Wildman–Crippen LogP) is 8.52. The summed E-state index contributed by atoms with van der Waals surface area (Å²) in [5.41, 5.74) is 7.32. The molecule has 7 N–H and O–H groups in total. The van der Waals surface area contributed by atoms with Gasteiger partial charge < -0.3 is 49.2 Å². The highest BCUT2D eigenvalue weighted by atomic mass is 31.2. The van der Waals surface area contributed by atoms with Crippen molar-refractivity contribution in [3.8, 4) is 5.75 Å². The number of ketones is 2. The van der Waals surface area contributed by atoms with Crippen molar-refractivity contribution in [1.82, 2.24) is 5.32 Å². The first kappa shape index (κ1) is 60.5. The highest BCUT2D eigenvalue weighted by Crippen LogP contribution is 2.70. The second-order valence-electron chi connectivity index (χ2n) is 24.8. The van der Waals surface area contributed by atoms with Crippen molar-refractivity contribution in [3.05, 3.63) is 89.0 Å². The van der Waals surface area contributed by atoms with Crippen molar-refractivity contribution in [1.29, 1.82) is 0 Å². The van der Waals surface area contributed by atoms with E-state index in [1.165, 1.54) is 11.6 Å². The molecule has 2 aromatic rings. The number of quaternary nitrogens is 1. The number of carbonyl (C=O) groups excluding carboxylic acids is 3. The number of unbranched alkanes of at least 4 members (excludes halogenated alkanes) is 5. The topological polar surface area (TPSA) is 233 Å². The summed E-state index contributed by atoms with van der Waals surface area (Å²) in [5.74, 6) is -0.949. The number of fused-ring (bicyclic) bond motifs is 7. The molecule has 5 fully saturated rings. The molecular weight excluding hydrogens is 1010 g/mol. The van der Waals surface area contributed by atoms with Gasteiger partial charge in [-0.15, -0.1) is 0 Å². The minimum Gasteiger partial charge on any atom is -0.456 e. The van der Waals surface area contributed by atoms with E-state index in [4.69, 9.17) is 29.2 Å². The minimum absolute atomic E-state index is 0.00615. The highest BCUT2D eigenvalue weighted by Gasteiger charge is 2.76. The molecule has 1 aliphatic heterocycles. The number of hydrogen-bond donors (Lipinski definition) is 6. The van der Waals surface area contributed by atoms with Gasteiger partial charge in [-0.05, 0) is 144 Å². The van der Waals surface area contributed by atoms with E-state index in [-0.39, 0.29) is 41.0 Å². The average Bonchev–Trinajstić information content (AvgIpc) is 2.84. The number of phosphoric ester groups is 1. The Balaban J connectivity index is 0.790. The van der Waals surface area contributed by atoms with Gasteiger partial charge in [0.25, 0.3) is 0 Å². The van der Waals surface area contributed by atoms with Crippen molar-refractivity contribution in [2.45, 2.75) is 179 Å². The molecule has 0 aromatic heterocycles. The number of esters is 1. The summed E-state index contributed by atoms with van der Waals surface area (Å²) in [6, 6.07) is 14.4. The lowest BCUT2D eigenvalue weighted by Gasteiger charge is -2.59. The lowest BCUT2D eigenvalue weighted by molar-refractivity contribution is -0.903. The van der Waals surface area contributed by atoms with Gasteiger partial charge in [0.05, 0.1) is 39.0 Å². The van der Waals surface area contributed by atoms with Crippen LogP contribution in [0, 0.1) is 34.5 Å². The number of nitrogens with one attached hydrogen (secondary N) is 1. The molecule has 6 aliphatic rings. The Morgan fingerprint density at radius 1 is 0.949 bits per heavy atom. The third-order valence-electron chi connectivity index (χ3n) is 18.7. The van der Waals surface area contributed by atoms with E-state index < -0.39 is 67.5 Å². The second-order valence-corrected chi connectivity index (χ2v) is 25.9. The third kappa shape index (κ3) is 14.3. The highest BCUT2D eigenvalue weighted by molar-refractivity contribution is 7.46. The van der Waals surface area contributed by atoms with Crippen LogP contribution < -0.4 is 15.6 Å². The number of nitrogens with zero attached hydrogens (tertiary/aromatic N) is 1. The number of benzene rings is 2. The lowest BCUT2D eigenvalue weighted by Crippen LogP contribution is -2.64. The second kappa shape index (κ2) is 26.5. The maximum absolute atomic E-state index is 15.0. The standard InChI is InChI=1S/C61H90N3O13P/c1-59-30-29-47(65)36-46(59)26-27-48-49-37-55-61(60(49,2)38-51(66)56(48)59,76-58(75-55)43-22-11-8-12-23-43)54(68)41-74-57(69)50(62)24-13-16-32-64(3,4)40-45-35-44(25-28-53(45)77-78(70,71)72)52(67)39-63-31-15-5-6-17-33-73-34-18-14-21-42-19-9-7-10-20-42/h7,9-10,19-20,25,28-30,35-36,43,48-52,55-56,58,63,66-67H,5-6,8,11-18,21-24,26-27,31-34,37-41,62H2,1-4H3,(H-,70,71,72)/p+1/t48?,49?,50-,51?,52?,55+,56?,58+,59-,60-,61+/m0/s1. The van der Waals surface area contributed by atoms with Crippen LogP contribution >= 0.6 is 7.82 Å². The van der Waals surface area contributed by atoms with Gasteiger partial charge in [0.1, 0.15) is 18.3 Å². The predicted molar refractivity (Wildman–Crippen MR) is 297 cm³/mol. The van der Waals surface area contributed by atoms with E-state index in [1.807, 2.05) is 26.2 Å². The number of rotatable bonds is 29. The number of phosphoric acid groups is 1. The van der Waals surface area contributed by atoms with Crippen molar-refractivity contribution in [3.63, 3.8) is 0 Å². The van der Waals surface area contributed by atoms with Crippen LogP contribution in [0.2, 0.25) is 0 Å². The van der Waals surface area contributed by atoms with Crippen LogP contribution in [0.25, 0.3) is 0 Å². The summed E-state index contributed by atoms with van der Waals surface area (Å²) in [7, 11) is -0.904. The Morgan fingerprint density at radius 2 is 1.69 bits per heavy atom. The monoisotopic (exact) mass is 1100 g/mol. The van der Waals surface area contributed by atoms with Crippen molar-refractivity contribution >= 4 is 25.4 Å². The molecule has 0 bridgehead atoms. The molecule has 8 rings (SSSR count). The summed E-state index contributed by atoms with van der Waals surface area (Å²) in [6.45, 7) is 7.25. The Bertz CT molecular complexity index is 2460. The van der Waals surface area contributed by atoms with Crippen molar-refractivity contribution < 1.29 is 66.9 Å². The first-order chi connectivity index (χ1) is 37.2. The van der Waals surface area contributed by atoms with Crippen LogP contribution in [0.1, 0.15) is 152 Å². The molecule has 0 spiro atoms. The summed E-state index contributed by atoms with van der Waals surface area (Å²) < 4.78 is 43.0. The number of aliphatic hydroxyl groups excluding tert-OH is 2. The maximum atomic E-state index is 15.0. The molecule has 78 heavy (non-hydrogen) atoms. The Hall–Kier alpha value is -3.64. The molecule has 0 radical (unpaired) electrons. The van der Waals surface area contributed by atoms with Gasteiger partial charge in [-0.1, -0.05) is 94.0 Å². The van der Waals surface area contributed by atoms with Crippen LogP contribution in [-0.4, -0.2) is 126 Å². The van der Waals surface area contributed by atoms with E-state index in [0.717, 1.165) is 115 Å². The van der Waals surface area contributed by atoms with E-state index >= 15 is 0 Å². The lowest BCUT2D eigenvalue weighted by atomic mass is 9.46. The number of allylic oxidation sites excluding steroid dienone is 4. The van der Waals surface area contributed by atoms with E-state index in [9.17, 15) is 38.9 Å². The molecule has 1 heterocycles. The van der Waals surface area contributed by atoms with Gasteiger partial charge in [0.15, 0.2) is 24.3 Å². The van der Waals surface area contributed by atoms with E-state index in [1.54, 1.807) is 24.3 Å². The van der Waals surface area contributed by atoms with E-state index in [0.29, 0.717) is 67.3 Å². The SMILES string of the molecule is C[C@]12C=CC(=O)C=C1CCC1C2C(O)C[C@@]2(C)C1C[C@H]1O[C@@H](C3CCCCC3)O[C@]12C(=O)COC(=O)[C@@H](N)CCCC[N+](C)(C)Cc1cc(C(O)CNCCCCCCOCCCCc2ccccc2)ccc1OP(=O)(O)O. The summed E-state index contributed by atoms with van der Waals surface area (Å²) in [4.78, 5) is 60.5. The van der Waals surface area contributed by atoms with Gasteiger partial charge in [-0.25, -0.2) is 4.57 Å². The number of Topliss-reactive ketones (excluding diaryl/α,β-unsaturated/α-hetero) is 1. The molecule has 432 valence electrons. The van der Waals surface area contributed by atoms with Gasteiger partial charge in [0, 0.05) is 48.0 Å². The quantitative estimate of drug-likeness (QED) is 0.0194. The fraction of sp³-hybridized carbons (Fsp3) is 0.689. The van der Waals surface area contributed by atoms with Crippen molar-refractivity contribution in [2.75, 3.05) is 53.6 Å². The molecule has 17 heteroatoms. The number of hydrogen-bond acceptors (Lipinski definition) is 13. The first-order valence-corrected chi connectivity index (χ1v) is 30.9. The Labute approximate surface area is 463 Å². The van der Waals surface area contributed by atoms with Crippen LogP contribution in [0.3, 0.4) is 0 Å². The summed E-state index contributed by atoms with van der Waals surface area (Å²) >= 11 is 0. The Kier molecular flexibility index (Phi) is 20.6. The van der Waals surface area contributed by atoms with Crippen LogP contribution in [0.5, 0.6) is 5.75 Å². The van der Waals surface area contributed by atoms with Gasteiger partial charge in [-0.3, -0.25) is 24.2 Å². The molecule has 2 aromatic carbocycles. The first-order valence-electron chi connectivity index (χ1n) is 29.3. The fourth-order valence-electron chi connectivity index (χ4n) is 14.7. The van der Waals surface area contributed by atoms with Gasteiger partial charge in [0.2, 0.25) is 5.78 Å². The normalized spacial score (nSPS) is 29.7. The molecule has 5 unspecified atom stereocenters. The van der Waals surface area contributed by atoms with Crippen molar-refractivity contribution in [2.24, 2.45) is 40.2 Å². The number of ether oxygens (including phenoxy) is 4. The summed E-state index contributed by atoms with van der Waals surface area (Å²) in [5, 5.41) is 26.7. The van der Waals surface area contributed by atoms with Gasteiger partial charge in [-0.2, -0.15) is 0 Å². The molecule has 5 aliphatic carbocycles. The molecule has 1 saturated heterocycles. The van der Waals surface area contributed by atoms with Gasteiger partial charge >= 0.3 is 13.8 Å². The molecule has 16 nitrogen and oxygen atoms in total. The number of aliphatic hydroxyl groups is 2. The van der Waals surface area contributed by atoms with Crippen LogP contribution in [0.4, 0.5) is 0 Å². The van der Waals surface area contributed by atoms with Crippen LogP contribution in [-0.2, 0) is 50.9 Å². The number of aryl methyl sites for hydroxylation is 1. The number of carbonyl (C=O) groups is 3. The zero-order valence-electron chi connectivity index (χ0n) is 46.9. The molecule has 4 saturated carbocycles. The molecule has 11 atom stereocenters. The zero-order valence-corrected chi connectivity index (χ0v) is 47.8. The average molecular weight is 1110 g/mol. The van der Waals surface area contributed by atoms with Crippen LogP contribution in [0.15, 0.2) is 72.3 Å².